The number of carbonyl (C=O) groups excluding carboxylic acids is 1. The van der Waals surface area contributed by atoms with Crippen molar-refractivity contribution in [1.82, 2.24) is 14.3 Å². The van der Waals surface area contributed by atoms with Crippen LogP contribution in [0.5, 0.6) is 0 Å². The molecule has 0 spiro atoms. The van der Waals surface area contributed by atoms with Crippen molar-refractivity contribution in [3.8, 4) is 0 Å². The number of carbonyl (C=O) groups is 1. The zero-order chi connectivity index (χ0) is 19.6. The number of nitrogens with zero attached hydrogens (tertiary/aromatic N) is 3. The van der Waals surface area contributed by atoms with Crippen LogP contribution in [0.1, 0.15) is 24.5 Å². The van der Waals surface area contributed by atoms with Gasteiger partial charge in [0.1, 0.15) is 15.8 Å². The quantitative estimate of drug-likeness (QED) is 0.456. The molecule has 1 amide bonds. The highest BCUT2D eigenvalue weighted by Crippen LogP contribution is 2.32. The third kappa shape index (κ3) is 3.81. The average molecular weight is 401 g/mol. The Kier molecular flexibility index (Phi) is 5.76. The van der Waals surface area contributed by atoms with Crippen LogP contribution in [0.25, 0.3) is 11.7 Å². The topological polar surface area (TPSA) is 66.7 Å². The lowest BCUT2D eigenvalue weighted by atomic mass is 10.2. The summed E-state index contributed by atoms with van der Waals surface area (Å²) in [6.45, 7) is 8.61. The number of pyridine rings is 1. The van der Waals surface area contributed by atoms with E-state index in [9.17, 15) is 9.59 Å². The summed E-state index contributed by atoms with van der Waals surface area (Å²) in [5.74, 6) is 0.250. The molecule has 1 N–H and O–H groups in total. The number of aryl methyl sites for hydroxylation is 1. The lowest BCUT2D eigenvalue weighted by Gasteiger charge is -2.11. The number of thiocarbonyl (C=S) groups is 1. The first kappa shape index (κ1) is 19.3. The number of rotatable bonds is 6. The lowest BCUT2D eigenvalue weighted by Crippen LogP contribution is -2.28. The minimum absolute atomic E-state index is 0.222. The molecule has 0 unspecified atom stereocenters. The predicted octanol–water partition coefficient (Wildman–Crippen LogP) is 3.21. The Morgan fingerprint density at radius 1 is 1.37 bits per heavy atom. The summed E-state index contributed by atoms with van der Waals surface area (Å²) in [4.78, 5) is 32.2. The summed E-state index contributed by atoms with van der Waals surface area (Å²) in [6.07, 6.45) is 5.84. The highest BCUT2D eigenvalue weighted by molar-refractivity contribution is 8.26. The van der Waals surface area contributed by atoms with Gasteiger partial charge in [-0.1, -0.05) is 43.0 Å². The second-order valence-corrected chi connectivity index (χ2v) is 7.80. The second kappa shape index (κ2) is 8.06. The van der Waals surface area contributed by atoms with E-state index in [1.54, 1.807) is 24.4 Å². The molecule has 140 valence electrons. The second-order valence-electron chi connectivity index (χ2n) is 6.12. The van der Waals surface area contributed by atoms with Crippen LogP contribution in [-0.4, -0.2) is 37.6 Å². The Morgan fingerprint density at radius 2 is 2.15 bits per heavy atom. The molecule has 1 saturated heterocycles. The van der Waals surface area contributed by atoms with E-state index in [-0.39, 0.29) is 11.5 Å². The van der Waals surface area contributed by atoms with Crippen molar-refractivity contribution in [3.63, 3.8) is 0 Å². The summed E-state index contributed by atoms with van der Waals surface area (Å²) < 4.78 is 1.96. The number of nitrogens with one attached hydrogen (secondary N) is 1. The zero-order valence-electron chi connectivity index (χ0n) is 15.2. The lowest BCUT2D eigenvalue weighted by molar-refractivity contribution is -0.121. The first-order valence-corrected chi connectivity index (χ1v) is 9.82. The number of aromatic nitrogens is 2. The summed E-state index contributed by atoms with van der Waals surface area (Å²) in [5, 5.41) is 3.19. The molecule has 1 fully saturated rings. The van der Waals surface area contributed by atoms with Gasteiger partial charge in [0, 0.05) is 19.3 Å². The van der Waals surface area contributed by atoms with E-state index < -0.39 is 0 Å². The highest BCUT2D eigenvalue weighted by Gasteiger charge is 2.31. The Labute approximate surface area is 167 Å². The maximum Gasteiger partial charge on any atom is 0.267 e. The van der Waals surface area contributed by atoms with Crippen LogP contribution in [0.2, 0.25) is 0 Å². The van der Waals surface area contributed by atoms with E-state index in [1.165, 1.54) is 21.1 Å². The monoisotopic (exact) mass is 400 g/mol. The van der Waals surface area contributed by atoms with E-state index in [0.29, 0.717) is 39.3 Å². The third-order valence-electron chi connectivity index (χ3n) is 4.01. The van der Waals surface area contributed by atoms with Gasteiger partial charge in [-0.05, 0) is 31.1 Å². The smallest absolute Gasteiger partial charge is 0.267 e. The van der Waals surface area contributed by atoms with Crippen LogP contribution in [0.3, 0.4) is 0 Å². The van der Waals surface area contributed by atoms with E-state index in [1.807, 2.05) is 19.9 Å². The molecule has 1 aliphatic heterocycles. The molecule has 6 nitrogen and oxygen atoms in total. The molecule has 0 radical (unpaired) electrons. The van der Waals surface area contributed by atoms with Crippen LogP contribution >= 0.6 is 24.0 Å². The Bertz CT molecular complexity index is 1030. The van der Waals surface area contributed by atoms with Crippen molar-refractivity contribution in [3.05, 3.63) is 57.4 Å². The number of anilines is 1. The molecular weight excluding hydrogens is 380 g/mol. The molecule has 27 heavy (non-hydrogen) atoms. The third-order valence-corrected chi connectivity index (χ3v) is 5.39. The van der Waals surface area contributed by atoms with Gasteiger partial charge in [0.2, 0.25) is 0 Å². The first-order chi connectivity index (χ1) is 13.0. The van der Waals surface area contributed by atoms with Crippen LogP contribution in [0.4, 0.5) is 5.82 Å². The normalized spacial score (nSPS) is 15.8. The summed E-state index contributed by atoms with van der Waals surface area (Å²) in [7, 11) is 0. The fraction of sp³-hybridized carbons (Fsp3) is 0.263. The Hall–Kier alpha value is -2.45. The van der Waals surface area contributed by atoms with E-state index in [2.05, 4.69) is 16.9 Å². The number of hydrogen-bond donors (Lipinski definition) is 1. The average Bonchev–Trinajstić information content (AvgIpc) is 2.91. The first-order valence-electron chi connectivity index (χ1n) is 8.59. The largest absolute Gasteiger partial charge is 0.369 e. The number of amides is 1. The van der Waals surface area contributed by atoms with Gasteiger partial charge in [-0.2, -0.15) is 0 Å². The van der Waals surface area contributed by atoms with Crippen molar-refractivity contribution in [1.29, 1.82) is 0 Å². The molecule has 0 atom stereocenters. The van der Waals surface area contributed by atoms with E-state index in [4.69, 9.17) is 12.2 Å². The maximum absolute atomic E-state index is 13.1. The summed E-state index contributed by atoms with van der Waals surface area (Å²) in [5.41, 5.74) is 1.63. The molecule has 0 aromatic carbocycles. The van der Waals surface area contributed by atoms with Crippen molar-refractivity contribution in [2.45, 2.75) is 20.3 Å². The van der Waals surface area contributed by atoms with Gasteiger partial charge in [-0.25, -0.2) is 4.98 Å². The van der Waals surface area contributed by atoms with E-state index >= 15 is 0 Å². The van der Waals surface area contributed by atoms with Crippen molar-refractivity contribution in [2.24, 2.45) is 0 Å². The van der Waals surface area contributed by atoms with Crippen molar-refractivity contribution >= 4 is 51.7 Å². The molecule has 0 bridgehead atoms. The van der Waals surface area contributed by atoms with Crippen molar-refractivity contribution in [2.75, 3.05) is 18.4 Å². The molecular formula is C19H20N4O2S2. The Morgan fingerprint density at radius 3 is 2.85 bits per heavy atom. The fourth-order valence-electron chi connectivity index (χ4n) is 2.68. The van der Waals surface area contributed by atoms with Gasteiger partial charge in [-0.15, -0.1) is 6.58 Å². The van der Waals surface area contributed by atoms with Crippen LogP contribution in [-0.2, 0) is 4.79 Å². The molecule has 3 heterocycles. The summed E-state index contributed by atoms with van der Waals surface area (Å²) in [6, 6.07) is 3.71. The molecule has 8 heteroatoms. The molecule has 1 aliphatic rings. The molecule has 0 saturated carbocycles. The minimum atomic E-state index is -0.226. The zero-order valence-corrected chi connectivity index (χ0v) is 16.8. The number of hydrogen-bond acceptors (Lipinski definition) is 6. The van der Waals surface area contributed by atoms with Gasteiger partial charge >= 0.3 is 0 Å². The van der Waals surface area contributed by atoms with Gasteiger partial charge in [0.05, 0.1) is 10.5 Å². The SMILES string of the molecule is C=CCN1C(=O)C(=Cc2c(NCCC)nc3ccc(C)cn3c2=O)SC1=S. The molecule has 2 aromatic rings. The molecule has 0 aliphatic carbocycles. The van der Waals surface area contributed by atoms with Gasteiger partial charge < -0.3 is 5.32 Å². The molecule has 2 aromatic heterocycles. The fourth-order valence-corrected chi connectivity index (χ4v) is 3.94. The van der Waals surface area contributed by atoms with E-state index in [0.717, 1.165) is 12.0 Å². The predicted molar refractivity (Wildman–Crippen MR) is 115 cm³/mol. The van der Waals surface area contributed by atoms with Crippen LogP contribution in [0, 0.1) is 6.92 Å². The van der Waals surface area contributed by atoms with Crippen LogP contribution < -0.4 is 10.9 Å². The number of thioether (sulfide) groups is 1. The van der Waals surface area contributed by atoms with Crippen molar-refractivity contribution < 1.29 is 4.79 Å². The number of fused-ring (bicyclic) bond motifs is 1. The van der Waals surface area contributed by atoms with Crippen LogP contribution in [0.15, 0.2) is 40.7 Å². The molecule has 3 rings (SSSR count). The summed E-state index contributed by atoms with van der Waals surface area (Å²) >= 11 is 6.45. The highest BCUT2D eigenvalue weighted by atomic mass is 32.2. The minimum Gasteiger partial charge on any atom is -0.369 e. The van der Waals surface area contributed by atoms with Gasteiger partial charge in [0.25, 0.3) is 11.5 Å². The Balaban J connectivity index is 2.15. The standard InChI is InChI=1S/C19H20N4O2S2/c1-4-8-20-16-13(10-14-18(25)22(9-5-2)19(26)27-14)17(24)23-11-12(3)6-7-15(23)21-16/h5-7,10-11,20H,2,4,8-9H2,1,3H3. The van der Waals surface area contributed by atoms with Gasteiger partial charge in [-0.3, -0.25) is 18.9 Å². The van der Waals surface area contributed by atoms with Gasteiger partial charge in [0.15, 0.2) is 0 Å². The maximum atomic E-state index is 13.1.